The number of hydrazine groups is 2. The van der Waals surface area contributed by atoms with E-state index in [0.717, 1.165) is 10.0 Å². The average Bonchev–Trinajstić information content (AvgIpc) is 3.14. The van der Waals surface area contributed by atoms with Crippen LogP contribution < -0.4 is 10.7 Å². The first-order valence-electron chi connectivity index (χ1n) is 10.7. The fraction of sp³-hybridized carbons (Fsp3) is 0.476. The van der Waals surface area contributed by atoms with E-state index in [4.69, 9.17) is 9.47 Å². The Hall–Kier alpha value is -3.67. The molecule has 3 aliphatic heterocycles. The fourth-order valence-electron chi connectivity index (χ4n) is 4.14. The molecule has 3 heterocycles. The first-order valence-corrected chi connectivity index (χ1v) is 10.7. The Bertz CT molecular complexity index is 956. The molecule has 12 heteroatoms. The van der Waals surface area contributed by atoms with E-state index in [1.165, 1.54) is 12.1 Å². The molecule has 0 spiro atoms. The number of methoxy groups -OCH3 is 1. The highest BCUT2D eigenvalue weighted by atomic mass is 16.7. The monoisotopic (exact) mass is 459 g/mol. The Balaban J connectivity index is 1.53. The number of hydrogen-bond donors (Lipinski definition) is 2. The molecule has 176 valence electrons. The van der Waals surface area contributed by atoms with Crippen molar-refractivity contribution in [3.63, 3.8) is 0 Å². The lowest BCUT2D eigenvalue weighted by Gasteiger charge is -2.43. The van der Waals surface area contributed by atoms with Crippen LogP contribution in [-0.4, -0.2) is 83.3 Å². The molecule has 4 rings (SSSR count). The number of cyclic esters (lactones) is 1. The van der Waals surface area contributed by atoms with Gasteiger partial charge in [0.25, 0.3) is 5.91 Å². The van der Waals surface area contributed by atoms with Gasteiger partial charge in [0.15, 0.2) is 0 Å². The summed E-state index contributed by atoms with van der Waals surface area (Å²) in [7, 11) is 1.36. The summed E-state index contributed by atoms with van der Waals surface area (Å²) in [4.78, 5) is 63.4. The smallest absolute Gasteiger partial charge is 0.358 e. The predicted octanol–water partition coefficient (Wildman–Crippen LogP) is -0.231. The van der Waals surface area contributed by atoms with Gasteiger partial charge in [-0.1, -0.05) is 18.2 Å². The summed E-state index contributed by atoms with van der Waals surface area (Å²) in [5, 5.41) is 6.11. The highest BCUT2D eigenvalue weighted by molar-refractivity contribution is 5.96. The van der Waals surface area contributed by atoms with Gasteiger partial charge < -0.3 is 14.8 Å². The standard InChI is InChI=1S/C21H25N5O7/c1-32-20-14(12-17(28)33-20)22-19(30)15-8-5-10-25-16(27)9-11-24(21(31)26(15)25)23-18(29)13-6-3-2-4-7-13/h2-4,6-7,14-15,20H,5,8-12H2,1H3,(H,22,30)(H,23,29)/t14?,15?,20-/m0/s1. The molecule has 3 atom stereocenters. The highest BCUT2D eigenvalue weighted by Gasteiger charge is 2.45. The van der Waals surface area contributed by atoms with Gasteiger partial charge in [0, 0.05) is 25.6 Å². The number of carbonyl (C=O) groups is 5. The number of nitrogens with zero attached hydrogens (tertiary/aromatic N) is 3. The number of carbonyl (C=O) groups excluding carboxylic acids is 5. The molecule has 0 saturated carbocycles. The van der Waals surface area contributed by atoms with E-state index < -0.39 is 42.2 Å². The van der Waals surface area contributed by atoms with Crippen molar-refractivity contribution in [1.29, 1.82) is 0 Å². The van der Waals surface area contributed by atoms with E-state index in [-0.39, 0.29) is 31.8 Å². The van der Waals surface area contributed by atoms with Crippen molar-refractivity contribution in [2.24, 2.45) is 0 Å². The quantitative estimate of drug-likeness (QED) is 0.580. The fourth-order valence-corrected chi connectivity index (χ4v) is 4.14. The van der Waals surface area contributed by atoms with Crippen molar-refractivity contribution in [3.8, 4) is 0 Å². The summed E-state index contributed by atoms with van der Waals surface area (Å²) >= 11 is 0. The Morgan fingerprint density at radius 1 is 1.12 bits per heavy atom. The zero-order chi connectivity index (χ0) is 23.5. The largest absolute Gasteiger partial charge is 0.433 e. The minimum absolute atomic E-state index is 0.0115. The first kappa shape index (κ1) is 22.5. The second kappa shape index (κ2) is 9.45. The van der Waals surface area contributed by atoms with E-state index in [9.17, 15) is 24.0 Å². The van der Waals surface area contributed by atoms with Gasteiger partial charge in [0.05, 0.1) is 13.0 Å². The number of nitrogens with one attached hydrogen (secondary N) is 2. The van der Waals surface area contributed by atoms with E-state index in [1.54, 1.807) is 30.3 Å². The second-order valence-corrected chi connectivity index (χ2v) is 7.92. The zero-order valence-corrected chi connectivity index (χ0v) is 18.1. The molecule has 2 N–H and O–H groups in total. The maximum Gasteiger partial charge on any atom is 0.358 e. The Morgan fingerprint density at radius 3 is 2.61 bits per heavy atom. The second-order valence-electron chi connectivity index (χ2n) is 7.92. The SMILES string of the molecule is CO[C@H]1OC(=O)CC1NC(=O)C1CCCN2C(=O)CCN(NC(=O)c3ccccc3)C(=O)N12. The number of hydrogen-bond acceptors (Lipinski definition) is 7. The van der Waals surface area contributed by atoms with Crippen molar-refractivity contribution >= 4 is 29.7 Å². The zero-order valence-electron chi connectivity index (χ0n) is 18.1. The minimum atomic E-state index is -1.00. The lowest BCUT2D eigenvalue weighted by molar-refractivity contribution is -0.162. The summed E-state index contributed by atoms with van der Waals surface area (Å²) in [6.07, 6.45) is -0.183. The van der Waals surface area contributed by atoms with Crippen molar-refractivity contribution < 1.29 is 33.4 Å². The summed E-state index contributed by atoms with van der Waals surface area (Å²) in [6.45, 7) is 0.245. The highest BCUT2D eigenvalue weighted by Crippen LogP contribution is 2.25. The molecule has 12 nitrogen and oxygen atoms in total. The lowest BCUT2D eigenvalue weighted by Crippen LogP contribution is -2.65. The number of benzene rings is 1. The molecule has 0 aromatic heterocycles. The van der Waals surface area contributed by atoms with E-state index in [2.05, 4.69) is 10.7 Å². The number of ether oxygens (including phenoxy) is 2. The van der Waals surface area contributed by atoms with Crippen LogP contribution in [0.15, 0.2) is 30.3 Å². The van der Waals surface area contributed by atoms with Gasteiger partial charge in [-0.25, -0.2) is 19.8 Å². The molecule has 3 aliphatic rings. The Kier molecular flexibility index (Phi) is 6.45. The normalized spacial score (nSPS) is 25.3. The number of esters is 1. The molecule has 5 amide bonds. The first-order chi connectivity index (χ1) is 15.9. The topological polar surface area (TPSA) is 138 Å². The van der Waals surface area contributed by atoms with Crippen LogP contribution in [0.4, 0.5) is 4.79 Å². The summed E-state index contributed by atoms with van der Waals surface area (Å²) in [5.41, 5.74) is 2.89. The summed E-state index contributed by atoms with van der Waals surface area (Å²) in [6, 6.07) is 5.95. The number of fused-ring (bicyclic) bond motifs is 1. The third kappa shape index (κ3) is 4.60. The maximum absolute atomic E-state index is 13.4. The summed E-state index contributed by atoms with van der Waals surface area (Å²) in [5.74, 6) is -1.88. The van der Waals surface area contributed by atoms with Gasteiger partial charge in [-0.15, -0.1) is 0 Å². The number of amides is 5. The van der Waals surface area contributed by atoms with Crippen LogP contribution in [0.25, 0.3) is 0 Å². The molecule has 0 aliphatic carbocycles. The van der Waals surface area contributed by atoms with Gasteiger partial charge in [0.2, 0.25) is 18.1 Å². The van der Waals surface area contributed by atoms with E-state index >= 15 is 0 Å². The molecule has 3 saturated heterocycles. The van der Waals surface area contributed by atoms with Crippen molar-refractivity contribution in [2.45, 2.75) is 44.1 Å². The van der Waals surface area contributed by atoms with Crippen LogP contribution in [0, 0.1) is 0 Å². The summed E-state index contributed by atoms with van der Waals surface area (Å²) < 4.78 is 10.1. The van der Waals surface area contributed by atoms with Crippen LogP contribution in [0.1, 0.15) is 36.0 Å². The molecule has 0 bridgehead atoms. The average molecular weight is 459 g/mol. The lowest BCUT2D eigenvalue weighted by atomic mass is 10.1. The third-order valence-electron chi connectivity index (χ3n) is 5.76. The third-order valence-corrected chi connectivity index (χ3v) is 5.76. The van der Waals surface area contributed by atoms with Crippen LogP contribution in [0.5, 0.6) is 0 Å². The number of urea groups is 1. The predicted molar refractivity (Wildman–Crippen MR) is 111 cm³/mol. The molecule has 33 heavy (non-hydrogen) atoms. The molecule has 1 aromatic rings. The van der Waals surface area contributed by atoms with Crippen LogP contribution in [0.2, 0.25) is 0 Å². The Morgan fingerprint density at radius 2 is 1.88 bits per heavy atom. The van der Waals surface area contributed by atoms with Crippen molar-refractivity contribution in [1.82, 2.24) is 25.8 Å². The molecular weight excluding hydrogens is 434 g/mol. The minimum Gasteiger partial charge on any atom is -0.433 e. The molecule has 0 radical (unpaired) electrons. The van der Waals surface area contributed by atoms with E-state index in [1.807, 2.05) is 0 Å². The van der Waals surface area contributed by atoms with Gasteiger partial charge >= 0.3 is 12.0 Å². The van der Waals surface area contributed by atoms with Crippen LogP contribution in [0.3, 0.4) is 0 Å². The number of rotatable bonds is 5. The van der Waals surface area contributed by atoms with Crippen LogP contribution in [-0.2, 0) is 23.9 Å². The molecule has 2 unspecified atom stereocenters. The van der Waals surface area contributed by atoms with E-state index in [0.29, 0.717) is 18.4 Å². The molecule has 3 fully saturated rings. The maximum atomic E-state index is 13.4. The van der Waals surface area contributed by atoms with Gasteiger partial charge in [-0.2, -0.15) is 0 Å². The van der Waals surface area contributed by atoms with Crippen LogP contribution >= 0.6 is 0 Å². The molecular formula is C21H25N5O7. The van der Waals surface area contributed by atoms with Gasteiger partial charge in [-0.3, -0.25) is 24.6 Å². The van der Waals surface area contributed by atoms with Crippen molar-refractivity contribution in [3.05, 3.63) is 35.9 Å². The van der Waals surface area contributed by atoms with Crippen molar-refractivity contribution in [2.75, 3.05) is 20.2 Å². The van der Waals surface area contributed by atoms with Gasteiger partial charge in [-0.05, 0) is 25.0 Å². The van der Waals surface area contributed by atoms with Gasteiger partial charge in [0.1, 0.15) is 12.1 Å². The Labute approximate surface area is 189 Å². The molecule has 1 aromatic carbocycles.